The van der Waals surface area contributed by atoms with Gasteiger partial charge in [0.25, 0.3) is 0 Å². The number of methoxy groups -OCH3 is 1. The maximum Gasteiger partial charge on any atom is 0.316 e. The summed E-state index contributed by atoms with van der Waals surface area (Å²) in [5.74, 6) is 0. The fourth-order valence-electron chi connectivity index (χ4n) is 2.66. The lowest BCUT2D eigenvalue weighted by atomic mass is 9.63. The Balaban J connectivity index is 2.35. The molecule has 1 saturated carbocycles. The van der Waals surface area contributed by atoms with Gasteiger partial charge in [-0.25, -0.2) is 9.97 Å². The zero-order valence-electron chi connectivity index (χ0n) is 10.7. The molecule has 1 aromatic heterocycles. The number of ether oxygens (including phenoxy) is 1. The van der Waals surface area contributed by atoms with Gasteiger partial charge in [0.05, 0.1) is 12.7 Å². The molecule has 0 aromatic carbocycles. The van der Waals surface area contributed by atoms with Crippen LogP contribution in [0.1, 0.15) is 45.1 Å². The summed E-state index contributed by atoms with van der Waals surface area (Å²) < 4.78 is 4.94. The van der Waals surface area contributed by atoms with Crippen LogP contribution in [-0.4, -0.2) is 22.2 Å². The van der Waals surface area contributed by atoms with Gasteiger partial charge in [-0.2, -0.15) is 0 Å². The van der Waals surface area contributed by atoms with E-state index < -0.39 is 5.60 Å². The molecule has 0 amide bonds. The molecule has 0 saturated heterocycles. The highest BCUT2D eigenvalue weighted by Gasteiger charge is 2.46. The number of hydrogen-bond acceptors (Lipinski definition) is 4. The Kier molecular flexibility index (Phi) is 3.08. The number of aromatic nitrogens is 2. The normalized spacial score (nSPS) is 27.8. The quantitative estimate of drug-likeness (QED) is 0.855. The molecule has 1 atom stereocenters. The first-order valence-electron chi connectivity index (χ1n) is 6.08. The van der Waals surface area contributed by atoms with E-state index >= 15 is 0 Å². The topological polar surface area (TPSA) is 55.2 Å². The first-order valence-corrected chi connectivity index (χ1v) is 6.08. The third kappa shape index (κ3) is 2.02. The Hall–Kier alpha value is -1.16. The van der Waals surface area contributed by atoms with Crippen molar-refractivity contribution in [2.45, 2.75) is 45.1 Å². The summed E-state index contributed by atoms with van der Waals surface area (Å²) in [6.45, 7) is 4.22. The van der Waals surface area contributed by atoms with Crippen molar-refractivity contribution in [3.05, 3.63) is 18.0 Å². The van der Waals surface area contributed by atoms with Crippen LogP contribution in [0.5, 0.6) is 6.01 Å². The van der Waals surface area contributed by atoms with Gasteiger partial charge in [-0.05, 0) is 18.3 Å². The first-order chi connectivity index (χ1) is 7.99. The van der Waals surface area contributed by atoms with Gasteiger partial charge >= 0.3 is 6.01 Å². The predicted octanol–water partition coefficient (Wildman–Crippen LogP) is 2.27. The summed E-state index contributed by atoms with van der Waals surface area (Å²) in [5, 5.41) is 10.9. The van der Waals surface area contributed by atoms with E-state index in [1.54, 1.807) is 12.4 Å². The summed E-state index contributed by atoms with van der Waals surface area (Å²) in [7, 11) is 1.54. The highest BCUT2D eigenvalue weighted by Crippen LogP contribution is 2.49. The maximum atomic E-state index is 10.9. The summed E-state index contributed by atoms with van der Waals surface area (Å²) in [6, 6.07) is 0.339. The Bertz CT molecular complexity index is 389. The van der Waals surface area contributed by atoms with Crippen LogP contribution in [-0.2, 0) is 5.60 Å². The monoisotopic (exact) mass is 236 g/mol. The predicted molar refractivity (Wildman–Crippen MR) is 64.7 cm³/mol. The largest absolute Gasteiger partial charge is 0.467 e. The average Bonchev–Trinajstić information content (AvgIpc) is 2.33. The minimum absolute atomic E-state index is 0.136. The second-order valence-corrected chi connectivity index (χ2v) is 5.41. The lowest BCUT2D eigenvalue weighted by molar-refractivity contribution is -0.104. The minimum Gasteiger partial charge on any atom is -0.467 e. The van der Waals surface area contributed by atoms with Crippen LogP contribution in [0.2, 0.25) is 0 Å². The van der Waals surface area contributed by atoms with Crippen molar-refractivity contribution in [1.29, 1.82) is 0 Å². The molecule has 4 heteroatoms. The van der Waals surface area contributed by atoms with Crippen molar-refractivity contribution in [1.82, 2.24) is 9.97 Å². The molecule has 1 aliphatic carbocycles. The lowest BCUT2D eigenvalue weighted by Crippen LogP contribution is -2.44. The summed E-state index contributed by atoms with van der Waals surface area (Å²) >= 11 is 0. The van der Waals surface area contributed by atoms with Gasteiger partial charge in [0.2, 0.25) is 0 Å². The number of rotatable bonds is 2. The fourth-order valence-corrected chi connectivity index (χ4v) is 2.66. The zero-order valence-corrected chi connectivity index (χ0v) is 10.7. The molecular formula is C13H20N2O2. The molecule has 0 bridgehead atoms. The van der Waals surface area contributed by atoms with Crippen molar-refractivity contribution >= 4 is 0 Å². The second kappa shape index (κ2) is 4.26. The van der Waals surface area contributed by atoms with Crippen LogP contribution in [0, 0.1) is 5.41 Å². The Morgan fingerprint density at radius 1 is 1.18 bits per heavy atom. The van der Waals surface area contributed by atoms with Gasteiger partial charge in [-0.3, -0.25) is 0 Å². The van der Waals surface area contributed by atoms with Crippen molar-refractivity contribution < 1.29 is 9.84 Å². The average molecular weight is 236 g/mol. The van der Waals surface area contributed by atoms with Gasteiger partial charge in [0, 0.05) is 18.0 Å². The molecular weight excluding hydrogens is 216 g/mol. The molecule has 1 N–H and O–H groups in total. The molecule has 0 radical (unpaired) electrons. The molecule has 1 aliphatic rings. The molecule has 17 heavy (non-hydrogen) atoms. The van der Waals surface area contributed by atoms with E-state index in [0.29, 0.717) is 6.01 Å². The first kappa shape index (κ1) is 12.3. The molecule has 1 unspecified atom stereocenters. The highest BCUT2D eigenvalue weighted by atomic mass is 16.5. The standard InChI is InChI=1S/C13H20N2O2/c1-12(2)6-4-5-7-13(12,16)10-8-14-11(17-3)15-9-10/h8-9,16H,4-7H2,1-3H3. The Morgan fingerprint density at radius 3 is 2.29 bits per heavy atom. The highest BCUT2D eigenvalue weighted by molar-refractivity contribution is 5.21. The summed E-state index contributed by atoms with van der Waals surface area (Å²) in [6.07, 6.45) is 7.38. The van der Waals surface area contributed by atoms with Gasteiger partial charge in [0.15, 0.2) is 0 Å². The summed E-state index contributed by atoms with van der Waals surface area (Å²) in [5.41, 5.74) is -0.163. The number of nitrogens with zero attached hydrogens (tertiary/aromatic N) is 2. The van der Waals surface area contributed by atoms with Gasteiger partial charge < -0.3 is 9.84 Å². The van der Waals surface area contributed by atoms with Crippen LogP contribution in [0.25, 0.3) is 0 Å². The zero-order chi connectivity index (χ0) is 12.5. The van der Waals surface area contributed by atoms with Crippen molar-refractivity contribution in [2.75, 3.05) is 7.11 Å². The molecule has 0 aliphatic heterocycles. The summed E-state index contributed by atoms with van der Waals surface area (Å²) in [4.78, 5) is 8.18. The van der Waals surface area contributed by atoms with E-state index in [1.165, 1.54) is 13.5 Å². The van der Waals surface area contributed by atoms with Gasteiger partial charge in [0.1, 0.15) is 0 Å². The third-order valence-corrected chi connectivity index (χ3v) is 4.00. The van der Waals surface area contributed by atoms with Crippen LogP contribution in [0.4, 0.5) is 0 Å². The van der Waals surface area contributed by atoms with E-state index in [-0.39, 0.29) is 5.41 Å². The fraction of sp³-hybridized carbons (Fsp3) is 0.692. The van der Waals surface area contributed by atoms with Crippen molar-refractivity contribution in [3.8, 4) is 6.01 Å². The van der Waals surface area contributed by atoms with E-state index in [1.807, 2.05) is 0 Å². The minimum atomic E-state index is -0.822. The maximum absolute atomic E-state index is 10.9. The van der Waals surface area contributed by atoms with Crippen molar-refractivity contribution in [2.24, 2.45) is 5.41 Å². The van der Waals surface area contributed by atoms with Gasteiger partial charge in [-0.15, -0.1) is 0 Å². The third-order valence-electron chi connectivity index (χ3n) is 4.00. The van der Waals surface area contributed by atoms with Crippen LogP contribution >= 0.6 is 0 Å². The van der Waals surface area contributed by atoms with Gasteiger partial charge in [-0.1, -0.05) is 26.7 Å². The molecule has 1 aromatic rings. The number of hydrogen-bond donors (Lipinski definition) is 1. The smallest absolute Gasteiger partial charge is 0.316 e. The number of aliphatic hydroxyl groups is 1. The molecule has 0 spiro atoms. The Morgan fingerprint density at radius 2 is 1.76 bits per heavy atom. The van der Waals surface area contributed by atoms with E-state index in [9.17, 15) is 5.11 Å². The molecule has 94 valence electrons. The Labute approximate surface area is 102 Å². The van der Waals surface area contributed by atoms with E-state index in [2.05, 4.69) is 23.8 Å². The molecule has 1 fully saturated rings. The molecule has 2 rings (SSSR count). The van der Waals surface area contributed by atoms with E-state index in [4.69, 9.17) is 4.74 Å². The van der Waals surface area contributed by atoms with Crippen molar-refractivity contribution in [3.63, 3.8) is 0 Å². The molecule has 1 heterocycles. The SMILES string of the molecule is COc1ncc(C2(O)CCCCC2(C)C)cn1. The van der Waals surface area contributed by atoms with Crippen LogP contribution in [0.3, 0.4) is 0 Å². The lowest BCUT2D eigenvalue weighted by Gasteiger charge is -2.46. The van der Waals surface area contributed by atoms with E-state index in [0.717, 1.165) is 24.8 Å². The van der Waals surface area contributed by atoms with Crippen LogP contribution < -0.4 is 4.74 Å². The molecule has 4 nitrogen and oxygen atoms in total. The second-order valence-electron chi connectivity index (χ2n) is 5.41. The van der Waals surface area contributed by atoms with Crippen LogP contribution in [0.15, 0.2) is 12.4 Å².